The van der Waals surface area contributed by atoms with Gasteiger partial charge in [-0.15, -0.1) is 10.2 Å². The summed E-state index contributed by atoms with van der Waals surface area (Å²) in [6, 6.07) is 9.83. The Hall–Kier alpha value is -4.34. The Morgan fingerprint density at radius 2 is 1.91 bits per heavy atom. The standard InChI is InChI=1S/C23H23N9O/c1-3-6-17-15-32(22-25-11-12-30(22)2)23(33)31(17)14-16-13-24-10-9-18(16)19-7-4-5-8-20(19)21-26-28-29-27-21/h4-5,7-13,15H,3,6,14H2,1-2H3,(H,26,27,28,29). The first-order chi connectivity index (χ1) is 16.2. The van der Waals surface area contributed by atoms with Crippen LogP contribution in [0.5, 0.6) is 0 Å². The van der Waals surface area contributed by atoms with Crippen LogP contribution in [-0.4, -0.2) is 44.3 Å². The van der Waals surface area contributed by atoms with Crippen molar-refractivity contribution in [1.29, 1.82) is 0 Å². The van der Waals surface area contributed by atoms with Gasteiger partial charge in [-0.3, -0.25) is 9.55 Å². The molecule has 0 aliphatic heterocycles. The lowest BCUT2D eigenvalue weighted by Gasteiger charge is -2.13. The van der Waals surface area contributed by atoms with Crippen molar-refractivity contribution in [2.24, 2.45) is 7.05 Å². The number of tetrazole rings is 1. The Labute approximate surface area is 189 Å². The second-order valence-corrected chi connectivity index (χ2v) is 7.76. The SMILES string of the molecule is CCCc1cn(-c2nccn2C)c(=O)n1Cc1cnccc1-c1ccccc1-c1nn[nH]n1. The molecule has 0 saturated heterocycles. The number of rotatable bonds is 7. The molecule has 33 heavy (non-hydrogen) atoms. The summed E-state index contributed by atoms with van der Waals surface area (Å²) in [4.78, 5) is 22.1. The maximum Gasteiger partial charge on any atom is 0.335 e. The number of nitrogens with one attached hydrogen (secondary N) is 1. The van der Waals surface area contributed by atoms with Crippen molar-refractivity contribution >= 4 is 0 Å². The molecule has 10 heteroatoms. The molecule has 0 unspecified atom stereocenters. The van der Waals surface area contributed by atoms with Crippen LogP contribution in [0.1, 0.15) is 24.6 Å². The van der Waals surface area contributed by atoms with Crippen LogP contribution in [0, 0.1) is 0 Å². The number of imidazole rings is 2. The van der Waals surface area contributed by atoms with E-state index in [9.17, 15) is 4.79 Å². The molecule has 5 aromatic rings. The third-order valence-corrected chi connectivity index (χ3v) is 5.61. The van der Waals surface area contributed by atoms with Gasteiger partial charge in [0.15, 0.2) is 0 Å². The van der Waals surface area contributed by atoms with Gasteiger partial charge in [-0.1, -0.05) is 37.6 Å². The average Bonchev–Trinajstić information content (AvgIpc) is 3.58. The third kappa shape index (κ3) is 3.75. The molecule has 0 fully saturated rings. The first-order valence-electron chi connectivity index (χ1n) is 10.7. The maximum absolute atomic E-state index is 13.4. The Bertz CT molecular complexity index is 1440. The summed E-state index contributed by atoms with van der Waals surface area (Å²) < 4.78 is 5.24. The molecular weight excluding hydrogens is 418 g/mol. The van der Waals surface area contributed by atoms with Gasteiger partial charge in [-0.2, -0.15) is 5.21 Å². The van der Waals surface area contributed by atoms with Crippen LogP contribution < -0.4 is 5.69 Å². The zero-order chi connectivity index (χ0) is 22.8. The van der Waals surface area contributed by atoms with E-state index in [0.29, 0.717) is 18.3 Å². The first kappa shape index (κ1) is 20.6. The summed E-state index contributed by atoms with van der Waals surface area (Å²) >= 11 is 0. The maximum atomic E-state index is 13.4. The molecule has 0 aliphatic rings. The molecule has 0 bridgehead atoms. The molecule has 0 aliphatic carbocycles. The highest BCUT2D eigenvalue weighted by Gasteiger charge is 2.18. The lowest BCUT2D eigenvalue weighted by atomic mass is 9.96. The van der Waals surface area contributed by atoms with Gasteiger partial charge >= 0.3 is 5.69 Å². The van der Waals surface area contributed by atoms with Crippen molar-refractivity contribution in [2.45, 2.75) is 26.3 Å². The molecule has 5 rings (SSSR count). The summed E-state index contributed by atoms with van der Waals surface area (Å²) in [6.07, 6.45) is 10.7. The van der Waals surface area contributed by atoms with Crippen LogP contribution in [0.2, 0.25) is 0 Å². The molecule has 0 saturated carbocycles. The van der Waals surface area contributed by atoms with Gasteiger partial charge < -0.3 is 4.57 Å². The van der Waals surface area contributed by atoms with E-state index >= 15 is 0 Å². The van der Waals surface area contributed by atoms with E-state index in [1.54, 1.807) is 21.5 Å². The lowest BCUT2D eigenvalue weighted by Crippen LogP contribution is -2.26. The molecule has 0 radical (unpaired) electrons. The lowest BCUT2D eigenvalue weighted by molar-refractivity contribution is 0.682. The fourth-order valence-corrected chi connectivity index (χ4v) is 4.06. The van der Waals surface area contributed by atoms with Crippen LogP contribution in [0.15, 0.2) is 66.1 Å². The number of aromatic amines is 1. The molecule has 1 aromatic carbocycles. The number of aromatic nitrogens is 9. The van der Waals surface area contributed by atoms with Gasteiger partial charge in [0.1, 0.15) is 0 Å². The molecular formula is C23H23N9O. The van der Waals surface area contributed by atoms with Crippen molar-refractivity contribution in [2.75, 3.05) is 0 Å². The average molecular weight is 441 g/mol. The van der Waals surface area contributed by atoms with Gasteiger partial charge in [-0.05, 0) is 34.4 Å². The Morgan fingerprint density at radius 1 is 1.06 bits per heavy atom. The van der Waals surface area contributed by atoms with Gasteiger partial charge in [0.25, 0.3) is 0 Å². The van der Waals surface area contributed by atoms with Crippen molar-refractivity contribution in [3.8, 4) is 28.5 Å². The number of aryl methyl sites for hydroxylation is 2. The van der Waals surface area contributed by atoms with Gasteiger partial charge in [0.2, 0.25) is 11.8 Å². The number of benzene rings is 1. The highest BCUT2D eigenvalue weighted by atomic mass is 16.1. The van der Waals surface area contributed by atoms with E-state index in [1.165, 1.54) is 0 Å². The Morgan fingerprint density at radius 3 is 2.64 bits per heavy atom. The molecule has 166 valence electrons. The number of hydrogen-bond donors (Lipinski definition) is 1. The second-order valence-electron chi connectivity index (χ2n) is 7.76. The summed E-state index contributed by atoms with van der Waals surface area (Å²) in [5.41, 5.74) is 4.51. The van der Waals surface area contributed by atoms with E-state index in [4.69, 9.17) is 0 Å². The highest BCUT2D eigenvalue weighted by molar-refractivity contribution is 5.81. The molecule has 4 heterocycles. The van der Waals surface area contributed by atoms with E-state index in [0.717, 1.165) is 40.8 Å². The molecule has 0 atom stereocenters. The van der Waals surface area contributed by atoms with E-state index in [1.807, 2.05) is 60.5 Å². The van der Waals surface area contributed by atoms with Crippen molar-refractivity contribution < 1.29 is 0 Å². The van der Waals surface area contributed by atoms with E-state index < -0.39 is 0 Å². The van der Waals surface area contributed by atoms with Crippen LogP contribution in [0.4, 0.5) is 0 Å². The number of hydrogen-bond acceptors (Lipinski definition) is 6. The van der Waals surface area contributed by atoms with Crippen molar-refractivity contribution in [3.05, 3.63) is 83.1 Å². The van der Waals surface area contributed by atoms with Gasteiger partial charge in [0.05, 0.1) is 6.54 Å². The summed E-state index contributed by atoms with van der Waals surface area (Å²) in [6.45, 7) is 2.49. The topological polar surface area (TPSA) is 112 Å². The number of nitrogens with zero attached hydrogens (tertiary/aromatic N) is 8. The van der Waals surface area contributed by atoms with Crippen molar-refractivity contribution in [3.63, 3.8) is 0 Å². The molecule has 1 N–H and O–H groups in total. The number of H-pyrrole nitrogens is 1. The minimum absolute atomic E-state index is 0.131. The van der Waals surface area contributed by atoms with E-state index in [-0.39, 0.29) is 5.69 Å². The van der Waals surface area contributed by atoms with E-state index in [2.05, 4.69) is 37.5 Å². The Kier molecular flexibility index (Phi) is 5.39. The van der Waals surface area contributed by atoms with Crippen LogP contribution >= 0.6 is 0 Å². The third-order valence-electron chi connectivity index (χ3n) is 5.61. The molecule has 0 amide bonds. The van der Waals surface area contributed by atoms with Gasteiger partial charge in [0, 0.05) is 49.3 Å². The largest absolute Gasteiger partial charge is 0.335 e. The number of pyridine rings is 1. The van der Waals surface area contributed by atoms with Crippen LogP contribution in [-0.2, 0) is 20.0 Å². The fourth-order valence-electron chi connectivity index (χ4n) is 4.06. The molecule has 10 nitrogen and oxygen atoms in total. The van der Waals surface area contributed by atoms with Gasteiger partial charge in [-0.25, -0.2) is 14.3 Å². The monoisotopic (exact) mass is 441 g/mol. The summed E-state index contributed by atoms with van der Waals surface area (Å²) in [5.74, 6) is 1.10. The Balaban J connectivity index is 1.62. The molecule has 4 aromatic heterocycles. The quantitative estimate of drug-likeness (QED) is 0.415. The van der Waals surface area contributed by atoms with Crippen LogP contribution in [0.3, 0.4) is 0 Å². The summed E-state index contributed by atoms with van der Waals surface area (Å²) in [7, 11) is 1.87. The minimum atomic E-state index is -0.131. The fraction of sp³-hybridized carbons (Fsp3) is 0.217. The highest BCUT2D eigenvalue weighted by Crippen LogP contribution is 2.32. The molecule has 0 spiro atoms. The second kappa shape index (κ2) is 8.65. The minimum Gasteiger partial charge on any atom is -0.320 e. The smallest absolute Gasteiger partial charge is 0.320 e. The van der Waals surface area contributed by atoms with Crippen molar-refractivity contribution in [1.82, 2.24) is 44.3 Å². The summed E-state index contributed by atoms with van der Waals surface area (Å²) in [5, 5.41) is 14.5. The first-order valence-corrected chi connectivity index (χ1v) is 10.7. The predicted molar refractivity (Wildman–Crippen MR) is 123 cm³/mol. The van der Waals surface area contributed by atoms with Crippen LogP contribution in [0.25, 0.3) is 28.5 Å². The zero-order valence-electron chi connectivity index (χ0n) is 18.4. The predicted octanol–water partition coefficient (Wildman–Crippen LogP) is 2.62. The normalized spacial score (nSPS) is 11.2. The zero-order valence-corrected chi connectivity index (χ0v) is 18.4.